The van der Waals surface area contributed by atoms with Gasteiger partial charge in [0.25, 0.3) is 0 Å². The molecule has 1 aromatic rings. The van der Waals surface area contributed by atoms with Gasteiger partial charge in [0.2, 0.25) is 0 Å². The third kappa shape index (κ3) is 3.62. The normalized spacial score (nSPS) is 16.2. The molecule has 19 heavy (non-hydrogen) atoms. The van der Waals surface area contributed by atoms with Crippen LogP contribution in [0.5, 0.6) is 0 Å². The van der Waals surface area contributed by atoms with Crippen molar-refractivity contribution in [3.63, 3.8) is 0 Å². The predicted molar refractivity (Wildman–Crippen MR) is 77.3 cm³/mol. The highest BCUT2D eigenvalue weighted by Crippen LogP contribution is 2.35. The molecule has 1 atom stereocenters. The molecule has 1 aromatic carbocycles. The van der Waals surface area contributed by atoms with E-state index < -0.39 is 11.6 Å². The fourth-order valence-electron chi connectivity index (χ4n) is 2.14. The van der Waals surface area contributed by atoms with E-state index >= 15 is 0 Å². The van der Waals surface area contributed by atoms with E-state index in [9.17, 15) is 8.78 Å². The molecule has 0 aliphatic heterocycles. The lowest BCUT2D eigenvalue weighted by Crippen LogP contribution is -2.21. The van der Waals surface area contributed by atoms with Gasteiger partial charge in [0, 0.05) is 11.6 Å². The Morgan fingerprint density at radius 3 is 2.42 bits per heavy atom. The van der Waals surface area contributed by atoms with E-state index in [1.54, 1.807) is 0 Å². The smallest absolute Gasteiger partial charge is 0.150 e. The van der Waals surface area contributed by atoms with Crippen LogP contribution in [0.25, 0.3) is 0 Å². The molecule has 2 rings (SSSR count). The zero-order chi connectivity index (χ0) is 14.0. The highest BCUT2D eigenvalue weighted by atomic mass is 32.1. The molecule has 3 N–H and O–H groups in total. The first-order valence-corrected chi connectivity index (χ1v) is 6.97. The Balaban J connectivity index is 2.16. The Morgan fingerprint density at radius 1 is 1.42 bits per heavy atom. The van der Waals surface area contributed by atoms with Gasteiger partial charge in [0.05, 0.1) is 0 Å². The van der Waals surface area contributed by atoms with Crippen LogP contribution in [0.3, 0.4) is 0 Å². The molecule has 1 aliphatic carbocycles. The minimum atomic E-state index is -0.642. The van der Waals surface area contributed by atoms with E-state index in [2.05, 4.69) is 5.32 Å². The number of thiocarbonyl (C=S) groups is 1. The van der Waals surface area contributed by atoms with Gasteiger partial charge in [0.15, 0.2) is 0 Å². The summed E-state index contributed by atoms with van der Waals surface area (Å²) in [6.45, 7) is 2.01. The van der Waals surface area contributed by atoms with E-state index in [-0.39, 0.29) is 22.3 Å². The van der Waals surface area contributed by atoms with Crippen LogP contribution >= 0.6 is 12.2 Å². The van der Waals surface area contributed by atoms with Crippen molar-refractivity contribution in [2.24, 2.45) is 11.7 Å². The van der Waals surface area contributed by atoms with E-state index in [1.807, 2.05) is 6.92 Å². The Kier molecular flexibility index (Phi) is 4.34. The van der Waals surface area contributed by atoms with E-state index in [0.29, 0.717) is 5.92 Å². The van der Waals surface area contributed by atoms with Crippen LogP contribution in [0.2, 0.25) is 0 Å². The van der Waals surface area contributed by atoms with Gasteiger partial charge in [-0.1, -0.05) is 32.0 Å². The van der Waals surface area contributed by atoms with Crippen molar-refractivity contribution in [1.29, 1.82) is 0 Å². The third-order valence-electron chi connectivity index (χ3n) is 3.48. The maximum Gasteiger partial charge on any atom is 0.150 e. The second kappa shape index (κ2) is 5.82. The van der Waals surface area contributed by atoms with Gasteiger partial charge in [-0.2, -0.15) is 0 Å². The van der Waals surface area contributed by atoms with Crippen LogP contribution in [-0.2, 0) is 0 Å². The Labute approximate surface area is 117 Å². The molecule has 0 heterocycles. The summed E-state index contributed by atoms with van der Waals surface area (Å²) < 4.78 is 27.8. The van der Waals surface area contributed by atoms with E-state index in [1.165, 1.54) is 25.0 Å². The summed E-state index contributed by atoms with van der Waals surface area (Å²) in [6, 6.07) is 2.46. The second-order valence-electron chi connectivity index (χ2n) is 5.11. The van der Waals surface area contributed by atoms with Crippen molar-refractivity contribution in [2.75, 3.05) is 5.32 Å². The first-order valence-electron chi connectivity index (χ1n) is 6.56. The average Bonchev–Trinajstić information content (AvgIpc) is 3.15. The van der Waals surface area contributed by atoms with Gasteiger partial charge in [-0.05, 0) is 30.9 Å². The van der Waals surface area contributed by atoms with Crippen molar-refractivity contribution >= 4 is 22.9 Å². The molecular weight excluding hydrogens is 266 g/mol. The lowest BCUT2D eigenvalue weighted by atomic mass is 10.1. The zero-order valence-electron chi connectivity index (χ0n) is 10.9. The SMILES string of the molecule is CCC(CC1CC1)Nc1c(F)cc(C(N)=S)cc1F. The minimum Gasteiger partial charge on any atom is -0.389 e. The molecule has 0 spiro atoms. The summed E-state index contributed by atoms with van der Waals surface area (Å²) in [4.78, 5) is -0.00521. The maximum atomic E-state index is 13.9. The van der Waals surface area contributed by atoms with Crippen LogP contribution in [-0.4, -0.2) is 11.0 Å². The first kappa shape index (κ1) is 14.2. The Bertz CT molecular complexity index is 463. The molecule has 5 heteroatoms. The number of benzene rings is 1. The number of halogens is 2. The van der Waals surface area contributed by atoms with Gasteiger partial charge in [-0.3, -0.25) is 0 Å². The largest absolute Gasteiger partial charge is 0.389 e. The van der Waals surface area contributed by atoms with Crippen molar-refractivity contribution < 1.29 is 8.78 Å². The first-order chi connectivity index (χ1) is 9.01. The van der Waals surface area contributed by atoms with Crippen molar-refractivity contribution in [2.45, 2.75) is 38.6 Å². The highest BCUT2D eigenvalue weighted by molar-refractivity contribution is 7.80. The fraction of sp³-hybridized carbons (Fsp3) is 0.500. The number of hydrogen-bond acceptors (Lipinski definition) is 2. The molecule has 0 amide bonds. The van der Waals surface area contributed by atoms with Crippen LogP contribution in [0.1, 0.15) is 38.2 Å². The topological polar surface area (TPSA) is 38.0 Å². The molecule has 0 bridgehead atoms. The summed E-state index contributed by atoms with van der Waals surface area (Å²) in [5.74, 6) is -0.575. The molecule has 104 valence electrons. The van der Waals surface area contributed by atoms with Crippen LogP contribution < -0.4 is 11.1 Å². The lowest BCUT2D eigenvalue weighted by Gasteiger charge is -2.19. The molecule has 0 aromatic heterocycles. The molecule has 0 radical (unpaired) electrons. The maximum absolute atomic E-state index is 13.9. The monoisotopic (exact) mass is 284 g/mol. The predicted octanol–water partition coefficient (Wildman–Crippen LogP) is 3.59. The number of hydrogen-bond donors (Lipinski definition) is 2. The lowest BCUT2D eigenvalue weighted by molar-refractivity contribution is 0.554. The quantitative estimate of drug-likeness (QED) is 0.784. The molecule has 1 unspecified atom stereocenters. The molecule has 2 nitrogen and oxygen atoms in total. The highest BCUT2D eigenvalue weighted by Gasteiger charge is 2.25. The van der Waals surface area contributed by atoms with Crippen LogP contribution in [0.15, 0.2) is 12.1 Å². The summed E-state index contributed by atoms with van der Waals surface area (Å²) in [5.41, 5.74) is 5.52. The van der Waals surface area contributed by atoms with Gasteiger partial charge >= 0.3 is 0 Å². The molecule has 0 saturated heterocycles. The average molecular weight is 284 g/mol. The Hall–Kier alpha value is -1.23. The molecule has 1 fully saturated rings. The molecule has 1 aliphatic rings. The van der Waals surface area contributed by atoms with E-state index in [0.717, 1.165) is 12.8 Å². The third-order valence-corrected chi connectivity index (χ3v) is 3.72. The zero-order valence-corrected chi connectivity index (χ0v) is 11.7. The second-order valence-corrected chi connectivity index (χ2v) is 5.55. The molecule has 1 saturated carbocycles. The standard InChI is InChI=1S/C14H18F2N2S/c1-2-10(5-8-3-4-8)18-13-11(15)6-9(14(17)19)7-12(13)16/h6-8,10,18H,2-5H2,1H3,(H2,17,19). The summed E-state index contributed by atoms with van der Waals surface area (Å²) in [7, 11) is 0. The van der Waals surface area contributed by atoms with Crippen LogP contribution in [0.4, 0.5) is 14.5 Å². The van der Waals surface area contributed by atoms with Crippen molar-refractivity contribution in [3.05, 3.63) is 29.3 Å². The van der Waals surface area contributed by atoms with E-state index in [4.69, 9.17) is 18.0 Å². The number of nitrogens with two attached hydrogens (primary N) is 1. The Morgan fingerprint density at radius 2 is 2.00 bits per heavy atom. The number of rotatable bonds is 6. The number of anilines is 1. The van der Waals surface area contributed by atoms with Gasteiger partial charge in [-0.15, -0.1) is 0 Å². The summed E-state index contributed by atoms with van der Waals surface area (Å²) in [6.07, 6.45) is 4.26. The molecular formula is C14H18F2N2S. The van der Waals surface area contributed by atoms with Crippen LogP contribution in [0, 0.1) is 17.6 Å². The fourth-order valence-corrected chi connectivity index (χ4v) is 2.26. The van der Waals surface area contributed by atoms with Crippen molar-refractivity contribution in [1.82, 2.24) is 0 Å². The van der Waals surface area contributed by atoms with Gasteiger partial charge < -0.3 is 11.1 Å². The van der Waals surface area contributed by atoms with Crippen molar-refractivity contribution in [3.8, 4) is 0 Å². The summed E-state index contributed by atoms with van der Waals surface area (Å²) in [5, 5.41) is 2.97. The number of nitrogens with one attached hydrogen (secondary N) is 1. The minimum absolute atomic E-state index is 0.00521. The van der Waals surface area contributed by atoms with Gasteiger partial charge in [0.1, 0.15) is 22.3 Å². The summed E-state index contributed by atoms with van der Waals surface area (Å²) >= 11 is 4.72. The van der Waals surface area contributed by atoms with Gasteiger partial charge in [-0.25, -0.2) is 8.78 Å².